The van der Waals surface area contributed by atoms with Crippen molar-refractivity contribution in [2.45, 2.75) is 71.1 Å². The molecule has 1 N–H and O–H groups in total. The van der Waals surface area contributed by atoms with Gasteiger partial charge in [0.1, 0.15) is 12.1 Å². The van der Waals surface area contributed by atoms with Gasteiger partial charge in [-0.15, -0.1) is 0 Å². The fourth-order valence-electron chi connectivity index (χ4n) is 6.43. The largest absolute Gasteiger partial charge is 0.520 e. The van der Waals surface area contributed by atoms with Gasteiger partial charge in [-0.05, 0) is 80.4 Å². The fourth-order valence-corrected chi connectivity index (χ4v) is 6.43. The molecule has 2 aliphatic heterocycles. The van der Waals surface area contributed by atoms with Crippen LogP contribution in [0.3, 0.4) is 0 Å². The predicted molar refractivity (Wildman–Crippen MR) is 152 cm³/mol. The number of halogens is 1. The third kappa shape index (κ3) is 4.91. The number of carbonyl (C=O) groups is 2. The first-order valence-corrected chi connectivity index (χ1v) is 14.1. The monoisotopic (exact) mass is 818 g/mol. The van der Waals surface area contributed by atoms with Gasteiger partial charge in [-0.1, -0.05) is 6.92 Å². The van der Waals surface area contributed by atoms with Crippen molar-refractivity contribution in [3.63, 3.8) is 0 Å². The normalized spacial score (nSPS) is 17.0. The van der Waals surface area contributed by atoms with Crippen LogP contribution < -0.4 is 10.9 Å². The second-order valence-electron chi connectivity index (χ2n) is 10.8. The number of amides is 2. The van der Waals surface area contributed by atoms with Crippen molar-refractivity contribution in [3.05, 3.63) is 61.7 Å². The number of hydrogen-bond acceptors (Lipinski definition) is 6. The number of aldehydes is 1. The number of nitrogens with one attached hydrogen (secondary N) is 1. The van der Waals surface area contributed by atoms with Crippen molar-refractivity contribution < 1.29 is 23.5 Å². The molecule has 2 aromatic heterocycles. The predicted octanol–water partition coefficient (Wildman–Crippen LogP) is 3.59. The van der Waals surface area contributed by atoms with Crippen LogP contribution in [0.5, 0.6) is 0 Å². The number of likely N-dealkylation sites (tertiary alicyclic amines) is 1. The Hall–Kier alpha value is -4.92. The van der Waals surface area contributed by atoms with Crippen molar-refractivity contribution in [1.82, 2.24) is 19.8 Å². The first-order chi connectivity index (χ1) is 19.9. The van der Waals surface area contributed by atoms with Gasteiger partial charge in [-0.2, -0.15) is 6.41 Å². The molecule has 2 amide bonds. The number of hydrogen-bond donors (Lipinski definition) is 1. The summed E-state index contributed by atoms with van der Waals surface area (Å²) in [6, 6.07) is 3.03. The molecule has 9 nitrogen and oxygen atoms in total. The van der Waals surface area contributed by atoms with E-state index in [1.54, 1.807) is 16.4 Å². The van der Waals surface area contributed by atoms with Crippen molar-refractivity contribution >= 4 is 30.0 Å². The Balaban J connectivity index is 0.000000445. The van der Waals surface area contributed by atoms with Crippen LogP contribution in [0, 0.1) is 12.7 Å². The number of nitrogens with zero attached hydrogens (tertiary/aromatic N) is 3. The van der Waals surface area contributed by atoms with Crippen LogP contribution in [0.1, 0.15) is 77.9 Å². The van der Waals surface area contributed by atoms with Crippen molar-refractivity contribution in [2.24, 2.45) is 0 Å². The summed E-state index contributed by atoms with van der Waals surface area (Å²) in [5.74, 6) is -0.760. The minimum absolute atomic E-state index is 0. The van der Waals surface area contributed by atoms with Crippen LogP contribution >= 0.6 is 0 Å². The number of carbonyl (C=O) groups excluding carboxylic acids is 3. The van der Waals surface area contributed by atoms with Gasteiger partial charge in [-0.25, -0.2) is 9.37 Å². The minimum atomic E-state index is -0.442. The molecule has 0 saturated carbocycles. The molecule has 4 heterocycles. The molecule has 42 heavy (non-hydrogen) atoms. The standard InChI is InChI=1S/C26H26FN3O4.C5H8NO.Fm/c1-4-14(10-31)16-7-22-25-17(9-30(22)26(33)18(16)11-34-3)24-20(28-12-32)6-5-15-13(2)19(27)8-21(29-25)23(15)24;7-5-6-3-1-2-4-6;/h7-8,10,12,14,20H,4-6,9,11H2,1-3H3,(H,28,32);1-4H2;/q;-1;. The van der Waals surface area contributed by atoms with Crippen LogP contribution in [0.2, 0.25) is 0 Å². The maximum atomic E-state index is 14.8. The molecule has 2 unspecified atom stereocenters. The molecule has 1 aliphatic carbocycles. The summed E-state index contributed by atoms with van der Waals surface area (Å²) >= 11 is 0. The summed E-state index contributed by atoms with van der Waals surface area (Å²) < 4.78 is 21.7. The van der Waals surface area contributed by atoms with E-state index in [-0.39, 0.29) is 24.0 Å². The number of methoxy groups -OCH3 is 1. The number of benzene rings is 1. The van der Waals surface area contributed by atoms with Gasteiger partial charge in [0, 0.05) is 35.6 Å². The second-order valence-corrected chi connectivity index (χ2v) is 10.8. The molecule has 0 bridgehead atoms. The zero-order valence-corrected chi connectivity index (χ0v) is 26.3. The van der Waals surface area contributed by atoms with E-state index in [1.807, 2.05) is 19.4 Å². The SMILES string of the molecule is CCC(C=O)c1cc2n(c(=O)c1COC)Cc1c-2nc2cc(F)c(C)c3c2c1C(NC=O)CC3.O=[C-]N1CCCC1.[Fm]. The second kappa shape index (κ2) is 12.3. The van der Waals surface area contributed by atoms with Gasteiger partial charge in [0.05, 0.1) is 36.1 Å². The van der Waals surface area contributed by atoms with Crippen molar-refractivity contribution in [3.8, 4) is 11.4 Å². The number of fused-ring (bicyclic) bond motifs is 4. The van der Waals surface area contributed by atoms with E-state index >= 15 is 0 Å². The van der Waals surface area contributed by atoms with Crippen LogP contribution in [0.4, 0.5) is 4.39 Å². The minimum Gasteiger partial charge on any atom is -0.520 e. The Morgan fingerprint density at radius 2 is 1.98 bits per heavy atom. The Bertz CT molecular complexity index is 1580. The third-order valence-corrected chi connectivity index (χ3v) is 8.57. The Morgan fingerprint density at radius 3 is 2.57 bits per heavy atom. The third-order valence-electron chi connectivity index (χ3n) is 8.57. The summed E-state index contributed by atoms with van der Waals surface area (Å²) in [7, 11) is 1.52. The van der Waals surface area contributed by atoms with Crippen LogP contribution in [-0.2, 0) is 38.7 Å². The topological polar surface area (TPSA) is 111 Å². The fraction of sp³-hybridized carbons (Fsp3) is 0.452. The molecule has 0 radical (unpaired) electrons. The van der Waals surface area contributed by atoms with Crippen LogP contribution in [0.25, 0.3) is 22.3 Å². The zero-order chi connectivity index (χ0) is 29.3. The van der Waals surface area contributed by atoms with Gasteiger partial charge < -0.3 is 29.1 Å². The molecule has 1 fully saturated rings. The molecule has 2 atom stereocenters. The Morgan fingerprint density at radius 1 is 1.24 bits per heavy atom. The smallest absolute Gasteiger partial charge is 0.257 e. The van der Waals surface area contributed by atoms with Gasteiger partial charge >= 0.3 is 0 Å². The van der Waals surface area contributed by atoms with E-state index in [0.29, 0.717) is 65.8 Å². The first-order valence-electron chi connectivity index (χ1n) is 14.1. The summed E-state index contributed by atoms with van der Waals surface area (Å²) in [4.78, 5) is 53.1. The van der Waals surface area contributed by atoms with Crippen molar-refractivity contribution in [1.29, 1.82) is 0 Å². The van der Waals surface area contributed by atoms with E-state index in [1.165, 1.54) is 13.2 Å². The average molecular weight is 819 g/mol. The number of aryl methyl sites for hydroxylation is 1. The molecule has 1 saturated heterocycles. The van der Waals surface area contributed by atoms with E-state index in [4.69, 9.17) is 9.72 Å². The summed E-state index contributed by atoms with van der Waals surface area (Å²) in [6.45, 7) is 5.89. The number of rotatable bonds is 8. The summed E-state index contributed by atoms with van der Waals surface area (Å²) in [6.07, 6.45) is 7.52. The number of aromatic nitrogens is 2. The van der Waals surface area contributed by atoms with Gasteiger partial charge in [0.25, 0.3) is 5.56 Å². The molecular formula is C31H34FFmN4O5-. The van der Waals surface area contributed by atoms with E-state index < -0.39 is 5.92 Å². The molecule has 3 aliphatic rings. The number of ether oxygens (including phenoxy) is 1. The molecule has 228 valence electrons. The van der Waals surface area contributed by atoms with Gasteiger partial charge in [-0.3, -0.25) is 9.59 Å². The quantitative estimate of drug-likeness (QED) is 0.215. The van der Waals surface area contributed by atoms with Crippen LogP contribution in [0.15, 0.2) is 16.9 Å². The Labute approximate surface area is 237 Å². The average Bonchev–Trinajstić information content (AvgIpc) is 3.64. The molecule has 0 spiro atoms. The summed E-state index contributed by atoms with van der Waals surface area (Å²) in [5.41, 5.74) is 5.84. The Kier molecular flexibility index (Phi) is 8.80. The molecule has 6 rings (SSSR count). The van der Waals surface area contributed by atoms with E-state index in [2.05, 4.69) is 5.32 Å². The van der Waals surface area contributed by atoms with Crippen molar-refractivity contribution in [2.75, 3.05) is 20.2 Å². The maximum absolute atomic E-state index is 14.8. The maximum Gasteiger partial charge on any atom is 0.257 e. The van der Waals surface area contributed by atoms with Gasteiger partial charge in [0.2, 0.25) is 6.41 Å². The molecule has 3 aromatic rings. The van der Waals surface area contributed by atoms with E-state index in [0.717, 1.165) is 54.3 Å². The number of pyridine rings is 2. The summed E-state index contributed by atoms with van der Waals surface area (Å²) in [5, 5.41) is 3.78. The molecule has 11 heteroatoms. The van der Waals surface area contributed by atoms with Crippen LogP contribution in [-0.4, -0.2) is 53.8 Å². The first kappa shape index (κ1) is 30.0. The van der Waals surface area contributed by atoms with Gasteiger partial charge in [0.15, 0.2) is 0 Å². The molecule has 1 aromatic carbocycles. The zero-order valence-electron chi connectivity index (χ0n) is 23.9. The molecular weight excluding hydrogens is 784 g/mol. The van der Waals surface area contributed by atoms with E-state index in [9.17, 15) is 23.6 Å².